The topological polar surface area (TPSA) is 8.17 Å². The summed E-state index contributed by atoms with van der Waals surface area (Å²) in [6.07, 6.45) is 0. The summed E-state index contributed by atoms with van der Waals surface area (Å²) in [5.74, 6) is 0. The van der Waals surface area contributed by atoms with Crippen LogP contribution in [-0.2, 0) is 0 Å². The molecule has 0 N–H and O–H groups in total. The van der Waals surface area contributed by atoms with E-state index in [1.54, 1.807) is 0 Å². The summed E-state index contributed by atoms with van der Waals surface area (Å²) in [4.78, 5) is 2.40. The van der Waals surface area contributed by atoms with E-state index in [-0.39, 0.29) is 0 Å². The predicted octanol–water partition coefficient (Wildman–Crippen LogP) is 16.7. The minimum absolute atomic E-state index is 1.09. The standard InChI is InChI=1S/C60H40N2/c1-4-18-41(19-5-1)59-52-28-12-13-29-53(52)60(42-20-6-2-7-21-42)55-40-43(32-37-54(55)59)47-38-39-58(49-25-11-10-24-48(47)49)61(44-22-8-3-9-23-44)45-33-35-46(36-34-45)62-56-30-16-14-26-50(56)51-27-15-17-31-57(51)62/h1-40H. The van der Waals surface area contributed by atoms with Crippen LogP contribution in [0.3, 0.4) is 0 Å². The van der Waals surface area contributed by atoms with Gasteiger partial charge in [0.25, 0.3) is 0 Å². The fourth-order valence-electron chi connectivity index (χ4n) is 9.86. The molecular formula is C60H40N2. The largest absolute Gasteiger partial charge is 0.310 e. The van der Waals surface area contributed by atoms with Crippen molar-refractivity contribution in [2.75, 3.05) is 4.90 Å². The second kappa shape index (κ2) is 14.8. The molecule has 2 nitrogen and oxygen atoms in total. The van der Waals surface area contributed by atoms with Crippen LogP contribution < -0.4 is 4.90 Å². The van der Waals surface area contributed by atoms with Gasteiger partial charge in [-0.25, -0.2) is 0 Å². The molecular weight excluding hydrogens is 749 g/mol. The van der Waals surface area contributed by atoms with Gasteiger partial charge in [0.1, 0.15) is 0 Å². The van der Waals surface area contributed by atoms with E-state index in [9.17, 15) is 0 Å². The molecule has 11 aromatic carbocycles. The Bertz CT molecular complexity index is 3550. The Kier molecular flexibility index (Phi) is 8.53. The molecule has 0 amide bonds. The van der Waals surface area contributed by atoms with Gasteiger partial charge in [0.15, 0.2) is 0 Å². The molecule has 12 rings (SSSR count). The first-order valence-corrected chi connectivity index (χ1v) is 21.4. The molecule has 0 fully saturated rings. The highest BCUT2D eigenvalue weighted by Gasteiger charge is 2.21. The maximum atomic E-state index is 2.43. The third kappa shape index (κ3) is 5.80. The lowest BCUT2D eigenvalue weighted by Crippen LogP contribution is -2.10. The first-order chi connectivity index (χ1) is 30.8. The Hall–Kier alpha value is -8.20. The van der Waals surface area contributed by atoms with E-state index in [2.05, 4.69) is 252 Å². The molecule has 1 heterocycles. The first-order valence-electron chi connectivity index (χ1n) is 21.4. The Morgan fingerprint density at radius 2 is 0.726 bits per heavy atom. The van der Waals surface area contributed by atoms with Crippen LogP contribution >= 0.6 is 0 Å². The Balaban J connectivity index is 1.04. The fraction of sp³-hybridized carbons (Fsp3) is 0. The Morgan fingerprint density at radius 3 is 1.32 bits per heavy atom. The van der Waals surface area contributed by atoms with Crippen molar-refractivity contribution in [3.8, 4) is 39.1 Å². The van der Waals surface area contributed by atoms with Crippen LogP contribution in [0.15, 0.2) is 243 Å². The quantitative estimate of drug-likeness (QED) is 0.146. The molecule has 0 saturated heterocycles. The first kappa shape index (κ1) is 35.7. The van der Waals surface area contributed by atoms with Crippen LogP contribution in [0.4, 0.5) is 17.1 Å². The molecule has 0 aliphatic rings. The van der Waals surface area contributed by atoms with E-state index in [4.69, 9.17) is 0 Å². The van der Waals surface area contributed by atoms with Gasteiger partial charge in [-0.3, -0.25) is 0 Å². The molecule has 1 aromatic heterocycles. The van der Waals surface area contributed by atoms with Crippen molar-refractivity contribution in [1.29, 1.82) is 0 Å². The summed E-state index contributed by atoms with van der Waals surface area (Å²) < 4.78 is 2.38. The van der Waals surface area contributed by atoms with Gasteiger partial charge in [-0.1, -0.05) is 182 Å². The maximum Gasteiger partial charge on any atom is 0.0541 e. The molecule has 0 saturated carbocycles. The summed E-state index contributed by atoms with van der Waals surface area (Å²) in [6, 6.07) is 88.4. The molecule has 12 aromatic rings. The van der Waals surface area contributed by atoms with Gasteiger partial charge in [0.05, 0.1) is 16.7 Å². The van der Waals surface area contributed by atoms with Crippen LogP contribution in [-0.4, -0.2) is 4.57 Å². The average molecular weight is 789 g/mol. The highest BCUT2D eigenvalue weighted by molar-refractivity contribution is 6.22. The van der Waals surface area contributed by atoms with E-state index in [1.165, 1.54) is 87.5 Å². The highest BCUT2D eigenvalue weighted by Crippen LogP contribution is 2.47. The molecule has 0 spiro atoms. The van der Waals surface area contributed by atoms with Crippen molar-refractivity contribution in [2.45, 2.75) is 0 Å². The van der Waals surface area contributed by atoms with Crippen molar-refractivity contribution < 1.29 is 0 Å². The number of benzene rings is 11. The summed E-state index contributed by atoms with van der Waals surface area (Å²) in [5.41, 5.74) is 14.2. The number of nitrogens with zero attached hydrogens (tertiary/aromatic N) is 2. The van der Waals surface area contributed by atoms with Crippen molar-refractivity contribution in [3.05, 3.63) is 243 Å². The minimum Gasteiger partial charge on any atom is -0.310 e. The number of aromatic nitrogens is 1. The van der Waals surface area contributed by atoms with E-state index in [0.717, 1.165) is 22.7 Å². The molecule has 0 radical (unpaired) electrons. The number of fused-ring (bicyclic) bond motifs is 6. The summed E-state index contributed by atoms with van der Waals surface area (Å²) in [7, 11) is 0. The molecule has 0 unspecified atom stereocenters. The minimum atomic E-state index is 1.09. The summed E-state index contributed by atoms with van der Waals surface area (Å²) in [6.45, 7) is 0. The number of hydrogen-bond acceptors (Lipinski definition) is 1. The molecule has 0 atom stereocenters. The smallest absolute Gasteiger partial charge is 0.0541 e. The van der Waals surface area contributed by atoms with Gasteiger partial charge < -0.3 is 9.47 Å². The summed E-state index contributed by atoms with van der Waals surface area (Å²) in [5, 5.41) is 9.92. The third-order valence-electron chi connectivity index (χ3n) is 12.6. The fourth-order valence-corrected chi connectivity index (χ4v) is 9.86. The lowest BCUT2D eigenvalue weighted by atomic mass is 9.84. The molecule has 0 aliphatic heterocycles. The number of para-hydroxylation sites is 3. The average Bonchev–Trinajstić information content (AvgIpc) is 3.68. The zero-order valence-corrected chi connectivity index (χ0v) is 34.0. The predicted molar refractivity (Wildman–Crippen MR) is 264 cm³/mol. The number of hydrogen-bond donors (Lipinski definition) is 0. The van der Waals surface area contributed by atoms with E-state index in [1.807, 2.05) is 0 Å². The van der Waals surface area contributed by atoms with Crippen LogP contribution in [0.25, 0.3) is 93.2 Å². The molecule has 0 aliphatic carbocycles. The second-order valence-electron chi connectivity index (χ2n) is 16.0. The molecule has 2 heteroatoms. The zero-order chi connectivity index (χ0) is 41.0. The molecule has 0 bridgehead atoms. The SMILES string of the molecule is c1ccc(-c2c3ccccc3c(-c3ccccc3)c3cc(-c4ccc(N(c5ccccc5)c5ccc(-n6c7ccccc7c7ccccc76)cc5)c5ccccc45)ccc23)cc1. The maximum absolute atomic E-state index is 2.43. The number of anilines is 3. The van der Waals surface area contributed by atoms with Gasteiger partial charge in [-0.2, -0.15) is 0 Å². The van der Waals surface area contributed by atoms with Gasteiger partial charge >= 0.3 is 0 Å². The van der Waals surface area contributed by atoms with Crippen molar-refractivity contribution in [2.24, 2.45) is 0 Å². The highest BCUT2D eigenvalue weighted by atomic mass is 15.1. The third-order valence-corrected chi connectivity index (χ3v) is 12.6. The zero-order valence-electron chi connectivity index (χ0n) is 34.0. The van der Waals surface area contributed by atoms with Crippen molar-refractivity contribution >= 4 is 71.2 Å². The summed E-state index contributed by atoms with van der Waals surface area (Å²) >= 11 is 0. The van der Waals surface area contributed by atoms with Gasteiger partial charge in [0.2, 0.25) is 0 Å². The van der Waals surface area contributed by atoms with E-state index in [0.29, 0.717) is 0 Å². The van der Waals surface area contributed by atoms with Crippen LogP contribution in [0.2, 0.25) is 0 Å². The van der Waals surface area contributed by atoms with Crippen LogP contribution in [0.5, 0.6) is 0 Å². The van der Waals surface area contributed by atoms with E-state index >= 15 is 0 Å². The second-order valence-corrected chi connectivity index (χ2v) is 16.0. The lowest BCUT2D eigenvalue weighted by molar-refractivity contribution is 1.17. The molecule has 62 heavy (non-hydrogen) atoms. The van der Waals surface area contributed by atoms with Crippen LogP contribution in [0.1, 0.15) is 0 Å². The lowest BCUT2D eigenvalue weighted by Gasteiger charge is -2.28. The Labute approximate surface area is 360 Å². The van der Waals surface area contributed by atoms with Crippen LogP contribution in [0, 0.1) is 0 Å². The normalized spacial score (nSPS) is 11.5. The van der Waals surface area contributed by atoms with Gasteiger partial charge in [-0.15, -0.1) is 0 Å². The Morgan fingerprint density at radius 1 is 0.274 bits per heavy atom. The van der Waals surface area contributed by atoms with Gasteiger partial charge in [0, 0.05) is 33.2 Å². The molecule has 290 valence electrons. The monoisotopic (exact) mass is 788 g/mol. The van der Waals surface area contributed by atoms with Crippen molar-refractivity contribution in [1.82, 2.24) is 4.57 Å². The number of rotatable bonds is 7. The van der Waals surface area contributed by atoms with Crippen molar-refractivity contribution in [3.63, 3.8) is 0 Å². The van der Waals surface area contributed by atoms with Gasteiger partial charge in [-0.05, 0) is 121 Å². The van der Waals surface area contributed by atoms with E-state index < -0.39 is 0 Å².